The van der Waals surface area contributed by atoms with Crippen LogP contribution in [0.1, 0.15) is 20.8 Å². The molecule has 0 bridgehead atoms. The standard InChI is InChI=1S/C14H18N2O4S/c1-14(2,3)20-13(17)15-9-4-10-21-12-7-5-11(6-8-12)16(18)19/h4-8,10H,9H2,1-3H3,(H,15,17). The van der Waals surface area contributed by atoms with Crippen LogP contribution in [-0.4, -0.2) is 23.2 Å². The second-order valence-corrected chi connectivity index (χ2v) is 6.10. The molecule has 1 aromatic carbocycles. The fraction of sp³-hybridized carbons (Fsp3) is 0.357. The molecule has 1 N–H and O–H groups in total. The molecular formula is C14H18N2O4S. The van der Waals surface area contributed by atoms with Gasteiger partial charge < -0.3 is 10.1 Å². The summed E-state index contributed by atoms with van der Waals surface area (Å²) in [6, 6.07) is 6.26. The van der Waals surface area contributed by atoms with Crippen molar-refractivity contribution >= 4 is 23.5 Å². The SMILES string of the molecule is CC(C)(C)OC(=O)NCC=CSc1ccc([N+](=O)[O-])cc1. The molecule has 0 spiro atoms. The zero-order valence-electron chi connectivity index (χ0n) is 12.2. The van der Waals surface area contributed by atoms with Crippen molar-refractivity contribution in [2.24, 2.45) is 0 Å². The van der Waals surface area contributed by atoms with Gasteiger partial charge in [0, 0.05) is 23.6 Å². The smallest absolute Gasteiger partial charge is 0.407 e. The number of hydrogen-bond donors (Lipinski definition) is 1. The summed E-state index contributed by atoms with van der Waals surface area (Å²) in [4.78, 5) is 22.3. The van der Waals surface area contributed by atoms with Crippen LogP contribution in [0.3, 0.4) is 0 Å². The summed E-state index contributed by atoms with van der Waals surface area (Å²) in [6.07, 6.45) is 1.31. The molecule has 0 aliphatic rings. The van der Waals surface area contributed by atoms with Gasteiger partial charge in [0.05, 0.1) is 4.92 Å². The fourth-order valence-electron chi connectivity index (χ4n) is 1.28. The summed E-state index contributed by atoms with van der Waals surface area (Å²) in [5.74, 6) is 0. The molecule has 0 atom stereocenters. The van der Waals surface area contributed by atoms with Crippen molar-refractivity contribution in [3.05, 3.63) is 45.9 Å². The number of thioether (sulfide) groups is 1. The number of hydrogen-bond acceptors (Lipinski definition) is 5. The average Bonchev–Trinajstić information content (AvgIpc) is 2.36. The van der Waals surface area contributed by atoms with Gasteiger partial charge in [-0.15, -0.1) is 0 Å². The number of ether oxygens (including phenoxy) is 1. The number of carbonyl (C=O) groups excluding carboxylic acids is 1. The second kappa shape index (κ2) is 7.68. The van der Waals surface area contributed by atoms with Crippen LogP contribution < -0.4 is 5.32 Å². The van der Waals surface area contributed by atoms with Gasteiger partial charge in [0.25, 0.3) is 5.69 Å². The molecule has 6 nitrogen and oxygen atoms in total. The Balaban J connectivity index is 2.32. The molecule has 0 aromatic heterocycles. The minimum Gasteiger partial charge on any atom is -0.444 e. The maximum atomic E-state index is 11.4. The molecule has 1 aromatic rings. The van der Waals surface area contributed by atoms with Crippen LogP contribution in [0.15, 0.2) is 40.6 Å². The molecule has 0 heterocycles. The van der Waals surface area contributed by atoms with Gasteiger partial charge in [-0.05, 0) is 38.3 Å². The summed E-state index contributed by atoms with van der Waals surface area (Å²) in [7, 11) is 0. The average molecular weight is 310 g/mol. The molecular weight excluding hydrogens is 292 g/mol. The number of nitrogens with zero attached hydrogens (tertiary/aromatic N) is 1. The van der Waals surface area contributed by atoms with Gasteiger partial charge in [-0.2, -0.15) is 0 Å². The highest BCUT2D eigenvalue weighted by atomic mass is 32.2. The van der Waals surface area contributed by atoms with E-state index in [1.54, 1.807) is 44.4 Å². The van der Waals surface area contributed by atoms with Crippen molar-refractivity contribution in [1.29, 1.82) is 0 Å². The van der Waals surface area contributed by atoms with Crippen LogP contribution in [0, 0.1) is 10.1 Å². The molecule has 1 rings (SSSR count). The van der Waals surface area contributed by atoms with Gasteiger partial charge in [-0.25, -0.2) is 4.79 Å². The molecule has 0 saturated heterocycles. The number of nitro groups is 1. The van der Waals surface area contributed by atoms with E-state index in [9.17, 15) is 14.9 Å². The second-order valence-electron chi connectivity index (χ2n) is 5.12. The predicted octanol–water partition coefficient (Wildman–Crippen LogP) is 3.73. The number of carbonyl (C=O) groups is 1. The number of rotatable bonds is 5. The maximum absolute atomic E-state index is 11.4. The molecule has 0 aliphatic heterocycles. The first-order valence-electron chi connectivity index (χ1n) is 6.31. The molecule has 0 saturated carbocycles. The molecule has 21 heavy (non-hydrogen) atoms. The van der Waals surface area contributed by atoms with Crippen LogP contribution in [0.25, 0.3) is 0 Å². The summed E-state index contributed by atoms with van der Waals surface area (Å²) < 4.78 is 5.08. The van der Waals surface area contributed by atoms with Gasteiger partial charge in [0.1, 0.15) is 5.60 Å². The van der Waals surface area contributed by atoms with Gasteiger partial charge >= 0.3 is 6.09 Å². The third-order valence-electron chi connectivity index (χ3n) is 2.11. The van der Waals surface area contributed by atoms with Crippen molar-refractivity contribution in [3.63, 3.8) is 0 Å². The number of alkyl carbamates (subject to hydrolysis) is 1. The summed E-state index contributed by atoms with van der Waals surface area (Å²) >= 11 is 1.41. The number of non-ortho nitro benzene ring substituents is 1. The van der Waals surface area contributed by atoms with E-state index >= 15 is 0 Å². The molecule has 114 valence electrons. The van der Waals surface area contributed by atoms with E-state index in [0.29, 0.717) is 6.54 Å². The largest absolute Gasteiger partial charge is 0.444 e. The molecule has 0 aliphatic carbocycles. The Kier molecular flexibility index (Phi) is 6.23. The zero-order valence-corrected chi connectivity index (χ0v) is 13.0. The lowest BCUT2D eigenvalue weighted by Crippen LogP contribution is -2.32. The highest BCUT2D eigenvalue weighted by Gasteiger charge is 2.14. The first kappa shape index (κ1) is 17.0. The van der Waals surface area contributed by atoms with Gasteiger partial charge in [-0.3, -0.25) is 10.1 Å². The molecule has 0 unspecified atom stereocenters. The number of nitro benzene ring substituents is 1. The number of benzene rings is 1. The van der Waals surface area contributed by atoms with Crippen LogP contribution in [0.2, 0.25) is 0 Å². The van der Waals surface area contributed by atoms with E-state index in [-0.39, 0.29) is 5.69 Å². The Labute approximate surface area is 127 Å². The Morgan fingerprint density at radius 2 is 2.00 bits per heavy atom. The van der Waals surface area contributed by atoms with E-state index in [1.165, 1.54) is 23.9 Å². The maximum Gasteiger partial charge on any atom is 0.407 e. The Morgan fingerprint density at radius 3 is 2.52 bits per heavy atom. The van der Waals surface area contributed by atoms with Crippen LogP contribution in [-0.2, 0) is 4.74 Å². The van der Waals surface area contributed by atoms with E-state index < -0.39 is 16.6 Å². The van der Waals surface area contributed by atoms with E-state index in [1.807, 2.05) is 0 Å². The van der Waals surface area contributed by atoms with Gasteiger partial charge in [0.2, 0.25) is 0 Å². The van der Waals surface area contributed by atoms with Gasteiger partial charge in [0.15, 0.2) is 0 Å². The zero-order chi connectivity index (χ0) is 15.9. The van der Waals surface area contributed by atoms with Crippen molar-refractivity contribution in [1.82, 2.24) is 5.32 Å². The third-order valence-corrected chi connectivity index (χ3v) is 2.98. The first-order chi connectivity index (χ1) is 9.78. The van der Waals surface area contributed by atoms with Crippen molar-refractivity contribution in [3.8, 4) is 0 Å². The Morgan fingerprint density at radius 1 is 1.38 bits per heavy atom. The Hall–Kier alpha value is -2.02. The summed E-state index contributed by atoms with van der Waals surface area (Å²) in [6.45, 7) is 5.75. The minimum absolute atomic E-state index is 0.0647. The first-order valence-corrected chi connectivity index (χ1v) is 7.19. The Bertz CT molecular complexity index is 521. The third kappa shape index (κ3) is 7.36. The predicted molar refractivity (Wildman–Crippen MR) is 82.3 cm³/mol. The quantitative estimate of drug-likeness (QED) is 0.509. The fourth-order valence-corrected chi connectivity index (χ4v) is 1.92. The monoisotopic (exact) mass is 310 g/mol. The van der Waals surface area contributed by atoms with E-state index in [2.05, 4.69) is 5.32 Å². The normalized spacial score (nSPS) is 11.4. The number of nitrogens with one attached hydrogen (secondary N) is 1. The molecule has 0 radical (unpaired) electrons. The molecule has 1 amide bonds. The van der Waals surface area contributed by atoms with Gasteiger partial charge in [-0.1, -0.05) is 17.8 Å². The van der Waals surface area contributed by atoms with E-state index in [0.717, 1.165) is 4.90 Å². The molecule has 0 fully saturated rings. The number of amides is 1. The van der Waals surface area contributed by atoms with Crippen molar-refractivity contribution in [2.45, 2.75) is 31.3 Å². The van der Waals surface area contributed by atoms with Crippen LogP contribution in [0.5, 0.6) is 0 Å². The van der Waals surface area contributed by atoms with E-state index in [4.69, 9.17) is 4.74 Å². The highest BCUT2D eigenvalue weighted by Crippen LogP contribution is 2.21. The summed E-state index contributed by atoms with van der Waals surface area (Å²) in [5, 5.41) is 14.9. The topological polar surface area (TPSA) is 81.5 Å². The van der Waals surface area contributed by atoms with Crippen LogP contribution in [0.4, 0.5) is 10.5 Å². The van der Waals surface area contributed by atoms with Crippen LogP contribution >= 0.6 is 11.8 Å². The van der Waals surface area contributed by atoms with Crippen molar-refractivity contribution in [2.75, 3.05) is 6.54 Å². The van der Waals surface area contributed by atoms with Crippen molar-refractivity contribution < 1.29 is 14.5 Å². The summed E-state index contributed by atoms with van der Waals surface area (Å²) in [5.41, 5.74) is -0.448. The lowest BCUT2D eigenvalue weighted by atomic mass is 10.2. The molecule has 7 heteroatoms. The highest BCUT2D eigenvalue weighted by molar-refractivity contribution is 8.02. The minimum atomic E-state index is -0.513. The lowest BCUT2D eigenvalue weighted by Gasteiger charge is -2.19. The lowest BCUT2D eigenvalue weighted by molar-refractivity contribution is -0.384.